The van der Waals surface area contributed by atoms with Crippen molar-refractivity contribution in [1.29, 1.82) is 0 Å². The topological polar surface area (TPSA) is 49.3 Å². The first-order valence-electron chi connectivity index (χ1n) is 14.7. The number of nitrogens with zero attached hydrogens (tertiary/aromatic N) is 4. The predicted molar refractivity (Wildman–Crippen MR) is 162 cm³/mol. The summed E-state index contributed by atoms with van der Waals surface area (Å²) in [6, 6.07) is 1.94. The Balaban J connectivity index is 1.39. The summed E-state index contributed by atoms with van der Waals surface area (Å²) in [7, 11) is 0. The van der Waals surface area contributed by atoms with E-state index in [0.29, 0.717) is 34.2 Å². The van der Waals surface area contributed by atoms with Crippen molar-refractivity contribution in [2.24, 2.45) is 10.8 Å². The molecule has 0 saturated carbocycles. The van der Waals surface area contributed by atoms with Crippen LogP contribution >= 0.6 is 27.3 Å². The Bertz CT molecular complexity index is 1240. The second-order valence-corrected chi connectivity index (χ2v) is 14.7. The zero-order valence-corrected chi connectivity index (χ0v) is 26.3. The van der Waals surface area contributed by atoms with Gasteiger partial charge in [-0.2, -0.15) is 4.39 Å². The smallest absolute Gasteiger partial charge is 0.266 e. The van der Waals surface area contributed by atoms with Crippen molar-refractivity contribution in [2.75, 3.05) is 24.5 Å². The van der Waals surface area contributed by atoms with Gasteiger partial charge in [0.2, 0.25) is 5.95 Å². The summed E-state index contributed by atoms with van der Waals surface area (Å²) in [5, 5.41) is 0.534. The molecule has 1 amide bonds. The van der Waals surface area contributed by atoms with Crippen molar-refractivity contribution in [3.63, 3.8) is 0 Å². The average molecular weight is 618 g/mol. The van der Waals surface area contributed by atoms with Crippen LogP contribution in [0.1, 0.15) is 101 Å². The molecule has 5 nitrogen and oxygen atoms in total. The molecule has 0 spiro atoms. The molecule has 2 aromatic heterocycles. The Morgan fingerprint density at radius 2 is 1.95 bits per heavy atom. The number of carbonyl (C=O) groups excluding carboxylic acids is 1. The highest BCUT2D eigenvalue weighted by molar-refractivity contribution is 9.10. The molecule has 1 saturated heterocycles. The highest BCUT2D eigenvalue weighted by atomic mass is 79.9. The third kappa shape index (κ3) is 6.27. The number of anilines is 1. The van der Waals surface area contributed by atoms with Crippen LogP contribution in [0.3, 0.4) is 0 Å². The van der Waals surface area contributed by atoms with Gasteiger partial charge in [-0.25, -0.2) is 9.97 Å². The minimum atomic E-state index is -0.525. The number of thiazole rings is 1. The summed E-state index contributed by atoms with van der Waals surface area (Å²) in [5.74, 6) is 0.159. The van der Waals surface area contributed by atoms with Gasteiger partial charge in [-0.05, 0) is 64.9 Å². The van der Waals surface area contributed by atoms with E-state index < -0.39 is 5.95 Å². The molecule has 5 rings (SSSR count). The van der Waals surface area contributed by atoms with Gasteiger partial charge in [0.05, 0.1) is 21.8 Å². The average Bonchev–Trinajstić information content (AvgIpc) is 3.33. The van der Waals surface area contributed by atoms with Gasteiger partial charge in [-0.15, -0.1) is 11.3 Å². The summed E-state index contributed by atoms with van der Waals surface area (Å²) in [4.78, 5) is 27.7. The number of aromatic nitrogens is 2. The van der Waals surface area contributed by atoms with Crippen molar-refractivity contribution >= 4 is 39.0 Å². The maximum absolute atomic E-state index is 15.6. The van der Waals surface area contributed by atoms with Crippen molar-refractivity contribution < 1.29 is 9.18 Å². The fraction of sp³-hybridized carbons (Fsp3) is 0.645. The van der Waals surface area contributed by atoms with E-state index in [1.54, 1.807) is 0 Å². The molecule has 8 heteroatoms. The van der Waals surface area contributed by atoms with Gasteiger partial charge in [0.1, 0.15) is 15.7 Å². The lowest BCUT2D eigenvalue weighted by Crippen LogP contribution is -2.43. The summed E-state index contributed by atoms with van der Waals surface area (Å²) >= 11 is 5.02. The first kappa shape index (κ1) is 28.7. The summed E-state index contributed by atoms with van der Waals surface area (Å²) < 4.78 is 16.4. The van der Waals surface area contributed by atoms with Gasteiger partial charge in [-0.1, -0.05) is 65.5 Å². The number of hydrogen-bond donors (Lipinski definition) is 0. The molecule has 2 unspecified atom stereocenters. The van der Waals surface area contributed by atoms with Crippen LogP contribution in [0.4, 0.5) is 10.2 Å². The summed E-state index contributed by atoms with van der Waals surface area (Å²) in [6.45, 7) is 11.6. The molecule has 0 N–H and O–H groups in total. The van der Waals surface area contributed by atoms with Gasteiger partial charge in [0.25, 0.3) is 5.91 Å². The highest BCUT2D eigenvalue weighted by Gasteiger charge is 2.37. The Morgan fingerprint density at radius 1 is 1.15 bits per heavy atom. The maximum atomic E-state index is 15.6. The molecule has 2 aliphatic heterocycles. The number of rotatable bonds is 4. The number of amides is 1. The molecule has 2 aromatic rings. The van der Waals surface area contributed by atoms with E-state index in [1.807, 2.05) is 11.0 Å². The van der Waals surface area contributed by atoms with E-state index in [9.17, 15) is 4.79 Å². The van der Waals surface area contributed by atoms with E-state index in [-0.39, 0.29) is 22.8 Å². The lowest BCUT2D eigenvalue weighted by atomic mass is 9.72. The third-order valence-electron chi connectivity index (χ3n) is 8.93. The van der Waals surface area contributed by atoms with Crippen LogP contribution in [0.25, 0.3) is 10.6 Å². The standard InChI is InChI=1S/C31H42BrFN4OS/c1-5-31(4)15-17-36(20-30(2,3)19-31)27-23(32)18-22(26(33)35-27)28-34-24-14-16-37(29(38)25(24)39-28)21-12-10-8-6-7-9-11-13-21/h10,12,18,21H,5-9,11,13-17,19-20H2,1-4H3. The van der Waals surface area contributed by atoms with Crippen LogP contribution in [-0.4, -0.2) is 46.5 Å². The fourth-order valence-electron chi connectivity index (χ4n) is 6.77. The largest absolute Gasteiger partial charge is 0.355 e. The summed E-state index contributed by atoms with van der Waals surface area (Å²) in [6.07, 6.45) is 15.4. The molecule has 2 atom stereocenters. The first-order chi connectivity index (χ1) is 18.6. The van der Waals surface area contributed by atoms with Crippen LogP contribution in [0, 0.1) is 16.8 Å². The SMILES string of the molecule is CCC1(C)CCN(c2nc(F)c(-c3nc4c(s3)C(=O)N(C3C=CCCCCCC3)CC4)cc2Br)CC(C)(C)C1. The van der Waals surface area contributed by atoms with Gasteiger partial charge in [-0.3, -0.25) is 4.79 Å². The molecule has 39 heavy (non-hydrogen) atoms. The molecule has 212 valence electrons. The number of halogens is 2. The van der Waals surface area contributed by atoms with E-state index in [2.05, 4.69) is 65.7 Å². The maximum Gasteiger partial charge on any atom is 0.266 e. The lowest BCUT2D eigenvalue weighted by molar-refractivity contribution is 0.0691. The van der Waals surface area contributed by atoms with E-state index in [1.165, 1.54) is 30.6 Å². The Morgan fingerprint density at radius 3 is 2.74 bits per heavy atom. The summed E-state index contributed by atoms with van der Waals surface area (Å²) in [5.41, 5.74) is 1.52. The molecular weight excluding hydrogens is 575 g/mol. The zero-order chi connectivity index (χ0) is 27.8. The number of pyridine rings is 1. The monoisotopic (exact) mass is 616 g/mol. The molecule has 1 fully saturated rings. The molecule has 1 aliphatic carbocycles. The Kier molecular flexibility index (Phi) is 8.54. The van der Waals surface area contributed by atoms with Gasteiger partial charge < -0.3 is 9.80 Å². The molecule has 3 aliphatic rings. The van der Waals surface area contributed by atoms with Crippen molar-refractivity contribution in [3.05, 3.63) is 39.2 Å². The number of allylic oxidation sites excluding steroid dienone is 1. The van der Waals surface area contributed by atoms with E-state index in [0.717, 1.165) is 61.8 Å². The lowest BCUT2D eigenvalue weighted by Gasteiger charge is -2.34. The normalized spacial score (nSPS) is 26.0. The van der Waals surface area contributed by atoms with E-state index in [4.69, 9.17) is 4.98 Å². The molecule has 0 bridgehead atoms. The van der Waals surface area contributed by atoms with Crippen molar-refractivity contribution in [1.82, 2.24) is 14.9 Å². The second-order valence-electron chi connectivity index (χ2n) is 12.8. The minimum Gasteiger partial charge on any atom is -0.355 e. The van der Waals surface area contributed by atoms with Crippen LogP contribution in [0.5, 0.6) is 0 Å². The van der Waals surface area contributed by atoms with Crippen LogP contribution < -0.4 is 4.90 Å². The quantitative estimate of drug-likeness (QED) is 0.255. The molecule has 4 heterocycles. The minimum absolute atomic E-state index is 0.0312. The molecular formula is C31H42BrFN4OS. The van der Waals surface area contributed by atoms with Crippen LogP contribution in [0.2, 0.25) is 0 Å². The van der Waals surface area contributed by atoms with Gasteiger partial charge in [0, 0.05) is 26.1 Å². The zero-order valence-electron chi connectivity index (χ0n) is 23.9. The van der Waals surface area contributed by atoms with Gasteiger partial charge >= 0.3 is 0 Å². The first-order valence-corrected chi connectivity index (χ1v) is 16.3. The Labute approximate surface area is 245 Å². The fourth-order valence-corrected chi connectivity index (χ4v) is 8.41. The van der Waals surface area contributed by atoms with Crippen LogP contribution in [0.15, 0.2) is 22.7 Å². The van der Waals surface area contributed by atoms with Gasteiger partial charge in [0.15, 0.2) is 0 Å². The van der Waals surface area contributed by atoms with Crippen molar-refractivity contribution in [2.45, 2.75) is 97.9 Å². The van der Waals surface area contributed by atoms with Crippen LogP contribution in [-0.2, 0) is 6.42 Å². The van der Waals surface area contributed by atoms with E-state index >= 15 is 4.39 Å². The molecule has 0 radical (unpaired) electrons. The molecule has 0 aromatic carbocycles. The number of fused-ring (bicyclic) bond motifs is 1. The number of hydrogen-bond acceptors (Lipinski definition) is 5. The third-order valence-corrected chi connectivity index (χ3v) is 10.6. The second kappa shape index (κ2) is 11.6. The number of carbonyl (C=O) groups is 1. The van der Waals surface area contributed by atoms with Crippen molar-refractivity contribution in [3.8, 4) is 10.6 Å². The highest BCUT2D eigenvalue weighted by Crippen LogP contribution is 2.44. The Hall–Kier alpha value is -1.80. The predicted octanol–water partition coefficient (Wildman–Crippen LogP) is 8.43.